The van der Waals surface area contributed by atoms with E-state index in [1.165, 1.54) is 35.7 Å². The van der Waals surface area contributed by atoms with Gasteiger partial charge in [0.2, 0.25) is 0 Å². The van der Waals surface area contributed by atoms with Crippen LogP contribution in [0.5, 0.6) is 5.75 Å². The van der Waals surface area contributed by atoms with Crippen LogP contribution in [-0.2, 0) is 13.0 Å². The smallest absolute Gasteiger partial charge is 0.282 e. The molecule has 2 aromatic rings. The van der Waals surface area contributed by atoms with Crippen LogP contribution in [0.2, 0.25) is 5.02 Å². The number of nitrogens with zero attached hydrogens (tertiary/aromatic N) is 2. The van der Waals surface area contributed by atoms with Gasteiger partial charge in [0.15, 0.2) is 0 Å². The highest BCUT2D eigenvalue weighted by Crippen LogP contribution is 2.31. The Morgan fingerprint density at radius 2 is 1.90 bits per heavy atom. The van der Waals surface area contributed by atoms with Crippen LogP contribution >= 0.6 is 23.4 Å². The van der Waals surface area contributed by atoms with Crippen LogP contribution in [0.4, 0.5) is 4.79 Å². The highest BCUT2D eigenvalue weighted by Gasteiger charge is 2.32. The van der Waals surface area contributed by atoms with E-state index in [1.807, 2.05) is 42.2 Å². The summed E-state index contributed by atoms with van der Waals surface area (Å²) < 4.78 is 5.64. The number of piperidine rings is 1. The van der Waals surface area contributed by atoms with Crippen LogP contribution in [0.1, 0.15) is 30.9 Å². The van der Waals surface area contributed by atoms with Gasteiger partial charge in [0.1, 0.15) is 5.75 Å². The Morgan fingerprint density at radius 1 is 1.13 bits per heavy atom. The van der Waals surface area contributed by atoms with Crippen molar-refractivity contribution in [2.24, 2.45) is 5.92 Å². The fraction of sp³-hybridized carbons (Fsp3) is 0.480. The predicted molar refractivity (Wildman–Crippen MR) is 129 cm³/mol. The Hall–Kier alpha value is -1.69. The van der Waals surface area contributed by atoms with Crippen molar-refractivity contribution < 1.29 is 9.53 Å². The first-order valence-corrected chi connectivity index (χ1v) is 12.5. The van der Waals surface area contributed by atoms with Crippen molar-refractivity contribution in [3.63, 3.8) is 0 Å². The van der Waals surface area contributed by atoms with Crippen molar-refractivity contribution in [1.29, 1.82) is 0 Å². The van der Waals surface area contributed by atoms with Crippen LogP contribution in [0, 0.1) is 5.92 Å². The van der Waals surface area contributed by atoms with Crippen molar-refractivity contribution in [2.75, 3.05) is 32.8 Å². The molecule has 2 heterocycles. The Balaban J connectivity index is 1.23. The number of likely N-dealkylation sites (tertiary alicyclic amines) is 1. The molecule has 0 radical (unpaired) electrons. The number of rotatable bonds is 8. The van der Waals surface area contributed by atoms with E-state index >= 15 is 0 Å². The van der Waals surface area contributed by atoms with Crippen LogP contribution < -0.4 is 4.74 Å². The SMILES string of the molecule is CCOc1ccc(Cl)c(CC2CCN(CC3CN(Cc4ccccc4)C(=O)S3)CC2)c1. The average molecular weight is 459 g/mol. The third kappa shape index (κ3) is 6.18. The molecule has 0 aromatic heterocycles. The maximum Gasteiger partial charge on any atom is 0.282 e. The first kappa shape index (κ1) is 22.5. The highest BCUT2D eigenvalue weighted by atomic mass is 35.5. The molecule has 166 valence electrons. The van der Waals surface area contributed by atoms with E-state index in [0.717, 1.165) is 43.4 Å². The molecule has 0 N–H and O–H groups in total. The summed E-state index contributed by atoms with van der Waals surface area (Å²) in [5.74, 6) is 1.56. The number of thioether (sulfide) groups is 1. The highest BCUT2D eigenvalue weighted by molar-refractivity contribution is 8.14. The molecule has 0 saturated carbocycles. The fourth-order valence-corrected chi connectivity index (χ4v) is 5.85. The summed E-state index contributed by atoms with van der Waals surface area (Å²) in [4.78, 5) is 17.0. The zero-order valence-corrected chi connectivity index (χ0v) is 19.7. The lowest BCUT2D eigenvalue weighted by Gasteiger charge is -2.33. The monoisotopic (exact) mass is 458 g/mol. The normalized spacial score (nSPS) is 20.4. The number of halogens is 1. The number of hydrogen-bond acceptors (Lipinski definition) is 4. The van der Waals surface area contributed by atoms with Crippen LogP contribution in [0.3, 0.4) is 0 Å². The van der Waals surface area contributed by atoms with E-state index < -0.39 is 0 Å². The van der Waals surface area contributed by atoms with Gasteiger partial charge in [-0.1, -0.05) is 53.7 Å². The van der Waals surface area contributed by atoms with E-state index in [1.54, 1.807) is 0 Å². The summed E-state index contributed by atoms with van der Waals surface area (Å²) in [7, 11) is 0. The van der Waals surface area contributed by atoms with Gasteiger partial charge >= 0.3 is 0 Å². The summed E-state index contributed by atoms with van der Waals surface area (Å²) in [6, 6.07) is 16.3. The van der Waals surface area contributed by atoms with Gasteiger partial charge in [0.25, 0.3) is 5.24 Å². The van der Waals surface area contributed by atoms with Crippen molar-refractivity contribution in [3.8, 4) is 5.75 Å². The molecule has 2 aliphatic heterocycles. The van der Waals surface area contributed by atoms with Crippen molar-refractivity contribution in [1.82, 2.24) is 9.80 Å². The zero-order valence-electron chi connectivity index (χ0n) is 18.1. The molecule has 2 saturated heterocycles. The maximum absolute atomic E-state index is 12.4. The molecular formula is C25H31ClN2O2S. The molecule has 2 fully saturated rings. The second-order valence-corrected chi connectivity index (χ2v) is 10.2. The van der Waals surface area contributed by atoms with Crippen LogP contribution in [0.15, 0.2) is 48.5 Å². The topological polar surface area (TPSA) is 32.8 Å². The molecule has 4 nitrogen and oxygen atoms in total. The summed E-state index contributed by atoms with van der Waals surface area (Å²) in [6.45, 7) is 7.42. The number of amides is 1. The molecular weight excluding hydrogens is 428 g/mol. The molecule has 1 atom stereocenters. The lowest BCUT2D eigenvalue weighted by atomic mass is 9.90. The molecule has 1 amide bonds. The molecule has 2 aromatic carbocycles. The molecule has 6 heteroatoms. The Kier molecular flexibility index (Phi) is 7.81. The summed E-state index contributed by atoms with van der Waals surface area (Å²) in [5, 5.41) is 1.42. The Bertz CT molecular complexity index is 871. The molecule has 1 unspecified atom stereocenters. The number of benzene rings is 2. The van der Waals surface area contributed by atoms with Crippen molar-refractivity contribution >= 4 is 28.6 Å². The number of carbonyl (C=O) groups is 1. The van der Waals surface area contributed by atoms with Gasteiger partial charge in [-0.25, -0.2) is 0 Å². The molecule has 0 aliphatic carbocycles. The van der Waals surface area contributed by atoms with Gasteiger partial charge in [-0.05, 0) is 74.5 Å². The minimum Gasteiger partial charge on any atom is -0.494 e. The van der Waals surface area contributed by atoms with E-state index in [9.17, 15) is 4.79 Å². The van der Waals surface area contributed by atoms with Gasteiger partial charge in [0, 0.05) is 29.9 Å². The van der Waals surface area contributed by atoms with E-state index in [4.69, 9.17) is 16.3 Å². The van der Waals surface area contributed by atoms with E-state index in [-0.39, 0.29) is 5.24 Å². The third-order valence-electron chi connectivity index (χ3n) is 6.17. The second kappa shape index (κ2) is 10.8. The standard InChI is InChI=1S/C25H31ClN2O2S/c1-2-30-22-8-9-24(26)21(15-22)14-19-10-12-27(13-11-19)17-23-18-28(25(29)31-23)16-20-6-4-3-5-7-20/h3-9,15,19,23H,2,10-14,16-18H2,1H3. The maximum atomic E-state index is 12.4. The third-order valence-corrected chi connectivity index (χ3v) is 7.63. The van der Waals surface area contributed by atoms with E-state index in [0.29, 0.717) is 24.3 Å². The average Bonchev–Trinajstić information content (AvgIpc) is 3.11. The Morgan fingerprint density at radius 3 is 2.65 bits per heavy atom. The quantitative estimate of drug-likeness (QED) is 0.505. The summed E-state index contributed by atoms with van der Waals surface area (Å²) in [6.07, 6.45) is 3.36. The molecule has 0 bridgehead atoms. The first-order chi connectivity index (χ1) is 15.1. The molecule has 0 spiro atoms. The van der Waals surface area contributed by atoms with Gasteiger partial charge in [-0.15, -0.1) is 0 Å². The minimum atomic E-state index is 0.215. The molecule has 31 heavy (non-hydrogen) atoms. The summed E-state index contributed by atoms with van der Waals surface area (Å²) in [5.41, 5.74) is 2.39. The lowest BCUT2D eigenvalue weighted by Crippen LogP contribution is -2.39. The van der Waals surface area contributed by atoms with E-state index in [2.05, 4.69) is 23.1 Å². The zero-order chi connectivity index (χ0) is 21.6. The number of ether oxygens (including phenoxy) is 1. The fourth-order valence-electron chi connectivity index (χ4n) is 4.54. The van der Waals surface area contributed by atoms with Gasteiger partial charge in [-0.3, -0.25) is 4.79 Å². The minimum absolute atomic E-state index is 0.215. The largest absolute Gasteiger partial charge is 0.494 e. The van der Waals surface area contributed by atoms with Gasteiger partial charge in [0.05, 0.1) is 6.61 Å². The predicted octanol–water partition coefficient (Wildman–Crippen LogP) is 5.73. The van der Waals surface area contributed by atoms with Crippen LogP contribution in [-0.4, -0.2) is 53.1 Å². The van der Waals surface area contributed by atoms with Crippen molar-refractivity contribution in [3.05, 3.63) is 64.7 Å². The van der Waals surface area contributed by atoms with Crippen molar-refractivity contribution in [2.45, 2.75) is 38.0 Å². The Labute approximate surface area is 194 Å². The molecule has 2 aliphatic rings. The van der Waals surface area contributed by atoms with Gasteiger partial charge in [-0.2, -0.15) is 0 Å². The number of hydrogen-bond donors (Lipinski definition) is 0. The van der Waals surface area contributed by atoms with Crippen LogP contribution in [0.25, 0.3) is 0 Å². The molecule has 4 rings (SSSR count). The first-order valence-electron chi connectivity index (χ1n) is 11.2. The lowest BCUT2D eigenvalue weighted by molar-refractivity contribution is 0.179. The number of carbonyl (C=O) groups excluding carboxylic acids is 1. The van der Waals surface area contributed by atoms with Gasteiger partial charge < -0.3 is 14.5 Å². The summed E-state index contributed by atoms with van der Waals surface area (Å²) >= 11 is 7.95. The second-order valence-electron chi connectivity index (χ2n) is 8.51.